The van der Waals surface area contributed by atoms with Gasteiger partial charge in [0, 0.05) is 37.0 Å². The van der Waals surface area contributed by atoms with Crippen molar-refractivity contribution in [3.05, 3.63) is 0 Å². The molecule has 23 heavy (non-hydrogen) atoms. The average Bonchev–Trinajstić information content (AvgIpc) is 2.59. The molecule has 6 heteroatoms. The molecular weight excluding hydrogens is 288 g/mol. The van der Waals surface area contributed by atoms with Crippen LogP contribution in [0.2, 0.25) is 0 Å². The smallest absolute Gasteiger partial charge is 0.0656 e. The minimum absolute atomic E-state index is 0.0895. The Bertz CT molecular complexity index is 537. The first kappa shape index (κ1) is 22.2. The van der Waals surface area contributed by atoms with Crippen LogP contribution in [0.3, 0.4) is 0 Å². The third-order valence-corrected chi connectivity index (χ3v) is 3.04. The van der Waals surface area contributed by atoms with Crippen LogP contribution in [-0.4, -0.2) is 0 Å². The van der Waals surface area contributed by atoms with E-state index in [9.17, 15) is 0 Å². The molecule has 0 aliphatic heterocycles. The van der Waals surface area contributed by atoms with Crippen molar-refractivity contribution in [2.24, 2.45) is 17.8 Å². The summed E-state index contributed by atoms with van der Waals surface area (Å²) in [4.78, 5) is 0. The molecule has 0 fully saturated rings. The standard InChI is InChI=1S/C9H11N3.C8H9N3/c1-8(6-11)5-9(7-12)3-2-4-10;9-5-1-3-8(7-11)4-2-6-10/h8-9H,2-3,5H2,1H3;8H,1-4H2. The van der Waals surface area contributed by atoms with Crippen LogP contribution in [0.5, 0.6) is 0 Å². The Morgan fingerprint density at radius 2 is 1.00 bits per heavy atom. The lowest BCUT2D eigenvalue weighted by Crippen LogP contribution is -2.02. The van der Waals surface area contributed by atoms with Crippen LogP contribution in [0.15, 0.2) is 0 Å². The monoisotopic (exact) mass is 308 g/mol. The fourth-order valence-corrected chi connectivity index (χ4v) is 1.70. The van der Waals surface area contributed by atoms with E-state index in [1.165, 1.54) is 0 Å². The zero-order valence-electron chi connectivity index (χ0n) is 13.4. The summed E-state index contributed by atoms with van der Waals surface area (Å²) in [5.74, 6) is -0.345. The van der Waals surface area contributed by atoms with Gasteiger partial charge in [0.1, 0.15) is 0 Å². The van der Waals surface area contributed by atoms with E-state index in [2.05, 4.69) is 18.2 Å². The average molecular weight is 308 g/mol. The summed E-state index contributed by atoms with van der Waals surface area (Å²) in [6, 6.07) is 12.2. The maximum Gasteiger partial charge on any atom is 0.0656 e. The summed E-state index contributed by atoms with van der Waals surface area (Å²) in [5, 5.41) is 50.3. The first-order valence-corrected chi connectivity index (χ1v) is 7.39. The van der Waals surface area contributed by atoms with Gasteiger partial charge in [-0.2, -0.15) is 31.6 Å². The van der Waals surface area contributed by atoms with Crippen LogP contribution >= 0.6 is 0 Å². The molecule has 0 aromatic carbocycles. The molecule has 0 amide bonds. The van der Waals surface area contributed by atoms with E-state index in [4.69, 9.17) is 31.6 Å². The van der Waals surface area contributed by atoms with Gasteiger partial charge >= 0.3 is 0 Å². The van der Waals surface area contributed by atoms with Gasteiger partial charge in [-0.05, 0) is 32.6 Å². The lowest BCUT2D eigenvalue weighted by Gasteiger charge is -2.06. The number of rotatable bonds is 8. The molecule has 2 atom stereocenters. The lowest BCUT2D eigenvalue weighted by molar-refractivity contribution is 0.500. The molecule has 0 saturated carbocycles. The van der Waals surface area contributed by atoms with E-state index < -0.39 is 0 Å². The zero-order valence-corrected chi connectivity index (χ0v) is 13.4. The van der Waals surface area contributed by atoms with Crippen LogP contribution in [0, 0.1) is 85.7 Å². The van der Waals surface area contributed by atoms with Crippen molar-refractivity contribution in [1.29, 1.82) is 31.6 Å². The molecule has 0 aromatic rings. The van der Waals surface area contributed by atoms with Crippen molar-refractivity contribution in [3.63, 3.8) is 0 Å². The SMILES string of the molecule is CC(C#N)CC(C#N)CCC#N.N#CCCC(C#N)CCC#N. The summed E-state index contributed by atoms with van der Waals surface area (Å²) in [6.07, 6.45) is 3.56. The van der Waals surface area contributed by atoms with Crippen LogP contribution in [0.4, 0.5) is 0 Å². The predicted octanol–water partition coefficient (Wildman–Crippen LogP) is 3.71. The highest BCUT2D eigenvalue weighted by atomic mass is 14.3. The van der Waals surface area contributed by atoms with E-state index in [0.717, 1.165) is 0 Å². The molecule has 0 bridgehead atoms. The topological polar surface area (TPSA) is 143 Å². The minimum atomic E-state index is -0.140. The van der Waals surface area contributed by atoms with Gasteiger partial charge in [0.15, 0.2) is 0 Å². The first-order valence-electron chi connectivity index (χ1n) is 7.39. The van der Waals surface area contributed by atoms with Crippen LogP contribution < -0.4 is 0 Å². The molecule has 0 aromatic heterocycles. The molecular formula is C17H20N6. The molecule has 6 nitrogen and oxygen atoms in total. The van der Waals surface area contributed by atoms with Gasteiger partial charge in [-0.1, -0.05) is 0 Å². The van der Waals surface area contributed by atoms with E-state index in [1.807, 2.05) is 18.2 Å². The zero-order chi connectivity index (χ0) is 17.9. The number of hydrogen-bond acceptors (Lipinski definition) is 6. The Labute approximate surface area is 138 Å². The Balaban J connectivity index is 0. The van der Waals surface area contributed by atoms with Gasteiger partial charge in [0.05, 0.1) is 36.4 Å². The maximum atomic E-state index is 8.63. The van der Waals surface area contributed by atoms with Crippen molar-refractivity contribution < 1.29 is 0 Å². The Kier molecular flexibility index (Phi) is 16.4. The van der Waals surface area contributed by atoms with Crippen molar-refractivity contribution in [3.8, 4) is 36.4 Å². The number of nitriles is 6. The summed E-state index contributed by atoms with van der Waals surface area (Å²) < 4.78 is 0. The third kappa shape index (κ3) is 15.2. The second-order valence-corrected chi connectivity index (χ2v) is 5.01. The molecule has 2 unspecified atom stereocenters. The van der Waals surface area contributed by atoms with E-state index in [0.29, 0.717) is 44.9 Å². The summed E-state index contributed by atoms with van der Waals surface area (Å²) in [5.41, 5.74) is 0. The van der Waals surface area contributed by atoms with Crippen molar-refractivity contribution >= 4 is 0 Å². The Morgan fingerprint density at radius 1 is 0.609 bits per heavy atom. The second-order valence-electron chi connectivity index (χ2n) is 5.01. The summed E-state index contributed by atoms with van der Waals surface area (Å²) in [6.45, 7) is 1.79. The Hall–Kier alpha value is -3.06. The van der Waals surface area contributed by atoms with Crippen molar-refractivity contribution in [2.45, 2.75) is 51.9 Å². The molecule has 0 saturated heterocycles. The second kappa shape index (κ2) is 17.0. The van der Waals surface area contributed by atoms with Crippen LogP contribution in [0.25, 0.3) is 0 Å². The predicted molar refractivity (Wildman–Crippen MR) is 82.1 cm³/mol. The highest BCUT2D eigenvalue weighted by molar-refractivity contribution is 4.91. The van der Waals surface area contributed by atoms with Gasteiger partial charge < -0.3 is 0 Å². The van der Waals surface area contributed by atoms with E-state index >= 15 is 0 Å². The Morgan fingerprint density at radius 3 is 1.30 bits per heavy atom. The van der Waals surface area contributed by atoms with Gasteiger partial charge in [-0.25, -0.2) is 0 Å². The largest absolute Gasteiger partial charge is 0.198 e. The quantitative estimate of drug-likeness (QED) is 0.668. The van der Waals surface area contributed by atoms with Gasteiger partial charge in [0.25, 0.3) is 0 Å². The van der Waals surface area contributed by atoms with Gasteiger partial charge in [-0.3, -0.25) is 0 Å². The normalized spacial score (nSPS) is 11.0. The molecule has 118 valence electrons. The molecule has 0 heterocycles. The lowest BCUT2D eigenvalue weighted by atomic mass is 9.94. The molecule has 0 N–H and O–H groups in total. The number of nitrogens with zero attached hydrogens (tertiary/aromatic N) is 6. The summed E-state index contributed by atoms with van der Waals surface area (Å²) in [7, 11) is 0. The first-order chi connectivity index (χ1) is 11.1. The van der Waals surface area contributed by atoms with Crippen molar-refractivity contribution in [2.75, 3.05) is 0 Å². The molecule has 0 aliphatic carbocycles. The third-order valence-electron chi connectivity index (χ3n) is 3.04. The maximum absolute atomic E-state index is 8.63. The van der Waals surface area contributed by atoms with Crippen LogP contribution in [0.1, 0.15) is 51.9 Å². The van der Waals surface area contributed by atoms with Crippen molar-refractivity contribution in [1.82, 2.24) is 0 Å². The highest BCUT2D eigenvalue weighted by Crippen LogP contribution is 2.15. The fourth-order valence-electron chi connectivity index (χ4n) is 1.70. The summed E-state index contributed by atoms with van der Waals surface area (Å²) >= 11 is 0. The molecule has 0 spiro atoms. The van der Waals surface area contributed by atoms with E-state index in [-0.39, 0.29) is 17.8 Å². The molecule has 0 rings (SSSR count). The molecule has 0 aliphatic rings. The number of hydrogen-bond donors (Lipinski definition) is 0. The van der Waals surface area contributed by atoms with E-state index in [1.54, 1.807) is 6.92 Å². The van der Waals surface area contributed by atoms with Gasteiger partial charge in [0.2, 0.25) is 0 Å². The van der Waals surface area contributed by atoms with Crippen LogP contribution in [-0.2, 0) is 0 Å². The molecule has 0 radical (unpaired) electrons. The van der Waals surface area contributed by atoms with Gasteiger partial charge in [-0.15, -0.1) is 0 Å². The highest BCUT2D eigenvalue weighted by Gasteiger charge is 2.11. The fraction of sp³-hybridized carbons (Fsp3) is 0.647. The minimum Gasteiger partial charge on any atom is -0.198 e.